The lowest BCUT2D eigenvalue weighted by molar-refractivity contribution is 0.0582. The molecule has 0 saturated heterocycles. The molecule has 2 aromatic rings. The maximum atomic E-state index is 12.8. The third kappa shape index (κ3) is 6.81. The van der Waals surface area contributed by atoms with E-state index in [2.05, 4.69) is 5.32 Å². The summed E-state index contributed by atoms with van der Waals surface area (Å²) in [5, 5.41) is 10.3. The standard InChI is InChI=1S/C12H9F2NO2.C8H5NO2.C4H7F2N.C4H6F2O/c13-12(14)5-7(12)6-15-10(16)8-3-1-2-4-9(8)11(15)17;10-7-5-3-1-2-4-6(5)8(11)9-7;2*5-4(6)1-3(4)2-7/h1-4,7H,5-6H2;1-4H,(H,9,10,11);3H,1-2,7H2;3,7H,1-2H2. The minimum absolute atomic E-state index is 0.00347. The molecule has 14 heteroatoms. The zero-order valence-electron chi connectivity index (χ0n) is 22.0. The summed E-state index contributed by atoms with van der Waals surface area (Å²) in [6, 6.07) is 13.1. The third-order valence-corrected chi connectivity index (χ3v) is 7.30. The Morgan fingerprint density at radius 2 is 1.05 bits per heavy atom. The quantitative estimate of drug-likeness (QED) is 0.363. The topological polar surface area (TPSA) is 130 Å². The van der Waals surface area contributed by atoms with Gasteiger partial charge in [-0.3, -0.25) is 29.4 Å². The third-order valence-electron chi connectivity index (χ3n) is 7.30. The molecule has 7 rings (SSSR count). The van der Waals surface area contributed by atoms with Crippen LogP contribution in [0.25, 0.3) is 0 Å². The number of nitrogens with zero attached hydrogens (tertiary/aromatic N) is 1. The normalized spacial score (nSPS) is 25.8. The molecule has 42 heavy (non-hydrogen) atoms. The van der Waals surface area contributed by atoms with Crippen LogP contribution in [0.2, 0.25) is 0 Å². The molecule has 0 spiro atoms. The first kappa shape index (κ1) is 31.2. The Kier molecular flexibility index (Phi) is 8.52. The number of hydrogen-bond donors (Lipinski definition) is 3. The Morgan fingerprint density at radius 1 is 0.690 bits per heavy atom. The van der Waals surface area contributed by atoms with Crippen molar-refractivity contribution in [2.45, 2.75) is 37.0 Å². The van der Waals surface area contributed by atoms with Gasteiger partial charge in [0.05, 0.1) is 34.8 Å². The Labute approximate surface area is 235 Å². The fraction of sp³-hybridized carbons (Fsp3) is 0.429. The molecule has 4 N–H and O–H groups in total. The average molecular weight is 600 g/mol. The van der Waals surface area contributed by atoms with Crippen LogP contribution >= 0.6 is 0 Å². The number of carbonyl (C=O) groups excluding carboxylic acids is 4. The van der Waals surface area contributed by atoms with E-state index < -0.39 is 47.3 Å². The molecule has 226 valence electrons. The summed E-state index contributed by atoms with van der Waals surface area (Å²) in [5.74, 6) is -11.3. The SMILES string of the molecule is NCC1CC1(F)F.O=C1NC(=O)c2ccccc21.O=C1c2ccccc2C(=O)N1CC1CC1(F)F.OCC1CC1(F)F. The summed E-state index contributed by atoms with van der Waals surface area (Å²) < 4.78 is 72.3. The van der Waals surface area contributed by atoms with Crippen LogP contribution in [0.4, 0.5) is 26.3 Å². The van der Waals surface area contributed by atoms with E-state index in [-0.39, 0.29) is 50.8 Å². The minimum Gasteiger partial charge on any atom is -0.396 e. The highest BCUT2D eigenvalue weighted by Crippen LogP contribution is 2.50. The van der Waals surface area contributed by atoms with Crippen LogP contribution in [0, 0.1) is 17.8 Å². The monoisotopic (exact) mass is 599 g/mol. The van der Waals surface area contributed by atoms with Crippen LogP contribution in [0.15, 0.2) is 48.5 Å². The van der Waals surface area contributed by atoms with E-state index >= 15 is 0 Å². The number of amides is 4. The number of hydrogen-bond acceptors (Lipinski definition) is 6. The number of nitrogens with one attached hydrogen (secondary N) is 1. The van der Waals surface area contributed by atoms with E-state index in [9.17, 15) is 45.5 Å². The fourth-order valence-electron chi connectivity index (χ4n) is 4.20. The number of carbonyl (C=O) groups is 4. The van der Waals surface area contributed by atoms with Crippen LogP contribution in [-0.2, 0) is 0 Å². The predicted octanol–water partition coefficient (Wildman–Crippen LogP) is 3.74. The molecule has 2 heterocycles. The van der Waals surface area contributed by atoms with Gasteiger partial charge in [0.2, 0.25) is 0 Å². The molecule has 2 aliphatic heterocycles. The molecule has 3 fully saturated rings. The number of aliphatic hydroxyl groups is 1. The average Bonchev–Trinajstić information content (AvgIpc) is 3.86. The number of benzene rings is 2. The zero-order valence-corrected chi connectivity index (χ0v) is 22.0. The molecular formula is C28H27F6N3O5. The van der Waals surface area contributed by atoms with Crippen LogP contribution in [0.5, 0.6) is 0 Å². The number of nitrogens with two attached hydrogens (primary N) is 1. The van der Waals surface area contributed by atoms with Crippen molar-refractivity contribution < 1.29 is 50.6 Å². The van der Waals surface area contributed by atoms with E-state index in [1.54, 1.807) is 48.5 Å². The lowest BCUT2D eigenvalue weighted by Crippen LogP contribution is -2.32. The summed E-state index contributed by atoms with van der Waals surface area (Å²) in [7, 11) is 0. The molecule has 2 aromatic carbocycles. The molecule has 8 nitrogen and oxygen atoms in total. The Morgan fingerprint density at radius 3 is 1.31 bits per heavy atom. The van der Waals surface area contributed by atoms with Gasteiger partial charge in [0.25, 0.3) is 41.4 Å². The van der Waals surface area contributed by atoms with E-state index in [1.807, 2.05) is 0 Å². The second kappa shape index (κ2) is 11.5. The highest BCUT2D eigenvalue weighted by molar-refractivity contribution is 6.22. The number of alkyl halides is 6. The Bertz CT molecular complexity index is 1310. The van der Waals surface area contributed by atoms with Crippen molar-refractivity contribution in [3.05, 3.63) is 70.8 Å². The highest BCUT2D eigenvalue weighted by Gasteiger charge is 2.59. The molecule has 0 aromatic heterocycles. The molecule has 4 amide bonds. The van der Waals surface area contributed by atoms with Gasteiger partial charge in [0.15, 0.2) is 0 Å². The number of imide groups is 2. The van der Waals surface area contributed by atoms with E-state index in [1.165, 1.54) is 0 Å². The van der Waals surface area contributed by atoms with Gasteiger partial charge in [-0.1, -0.05) is 24.3 Å². The van der Waals surface area contributed by atoms with Gasteiger partial charge in [-0.2, -0.15) is 0 Å². The summed E-state index contributed by atoms with van der Waals surface area (Å²) >= 11 is 0. The van der Waals surface area contributed by atoms with Crippen molar-refractivity contribution in [1.29, 1.82) is 0 Å². The van der Waals surface area contributed by atoms with E-state index in [0.717, 1.165) is 4.90 Å². The summed E-state index contributed by atoms with van der Waals surface area (Å²) in [6.07, 6.45) is -0.354. The van der Waals surface area contributed by atoms with E-state index in [4.69, 9.17) is 10.8 Å². The van der Waals surface area contributed by atoms with Crippen molar-refractivity contribution >= 4 is 23.6 Å². The molecule has 3 aliphatic carbocycles. The van der Waals surface area contributed by atoms with Crippen molar-refractivity contribution in [2.24, 2.45) is 23.5 Å². The van der Waals surface area contributed by atoms with Gasteiger partial charge in [-0.15, -0.1) is 0 Å². The first-order chi connectivity index (χ1) is 19.6. The van der Waals surface area contributed by atoms with Crippen LogP contribution in [0.1, 0.15) is 60.7 Å². The van der Waals surface area contributed by atoms with Gasteiger partial charge in [0.1, 0.15) is 0 Å². The lowest BCUT2D eigenvalue weighted by atomic mass is 10.1. The van der Waals surface area contributed by atoms with Crippen LogP contribution in [0.3, 0.4) is 0 Å². The second-order valence-corrected chi connectivity index (χ2v) is 10.5. The van der Waals surface area contributed by atoms with Gasteiger partial charge in [-0.25, -0.2) is 26.3 Å². The Hall–Kier alpha value is -3.78. The maximum absolute atomic E-state index is 12.8. The number of aliphatic hydroxyl groups excluding tert-OH is 1. The smallest absolute Gasteiger partial charge is 0.261 e. The largest absolute Gasteiger partial charge is 0.396 e. The fourth-order valence-corrected chi connectivity index (χ4v) is 4.20. The maximum Gasteiger partial charge on any atom is 0.261 e. The molecule has 3 unspecified atom stereocenters. The van der Waals surface area contributed by atoms with Crippen molar-refractivity contribution in [3.63, 3.8) is 0 Å². The second-order valence-electron chi connectivity index (χ2n) is 10.5. The molecule has 3 saturated carbocycles. The Balaban J connectivity index is 0.000000139. The number of fused-ring (bicyclic) bond motifs is 2. The number of halogens is 6. The van der Waals surface area contributed by atoms with Gasteiger partial charge >= 0.3 is 0 Å². The van der Waals surface area contributed by atoms with Crippen LogP contribution < -0.4 is 11.1 Å². The first-order valence-electron chi connectivity index (χ1n) is 13.0. The zero-order chi connectivity index (χ0) is 31.0. The molecular weight excluding hydrogens is 572 g/mol. The molecule has 0 bridgehead atoms. The van der Waals surface area contributed by atoms with Gasteiger partial charge in [-0.05, 0) is 24.3 Å². The van der Waals surface area contributed by atoms with Crippen molar-refractivity contribution in [2.75, 3.05) is 19.7 Å². The molecule has 5 aliphatic rings. The van der Waals surface area contributed by atoms with Gasteiger partial charge in [0, 0.05) is 44.2 Å². The van der Waals surface area contributed by atoms with Gasteiger partial charge < -0.3 is 10.8 Å². The van der Waals surface area contributed by atoms with E-state index in [0.29, 0.717) is 22.3 Å². The summed E-state index contributed by atoms with van der Waals surface area (Å²) in [5.41, 5.74) is 6.48. The molecule has 0 radical (unpaired) electrons. The predicted molar refractivity (Wildman–Crippen MR) is 135 cm³/mol. The lowest BCUT2D eigenvalue weighted by Gasteiger charge is -2.12. The molecule has 3 atom stereocenters. The summed E-state index contributed by atoms with van der Waals surface area (Å²) in [6.45, 7) is -0.417. The summed E-state index contributed by atoms with van der Waals surface area (Å²) in [4.78, 5) is 46.5. The van der Waals surface area contributed by atoms with Crippen molar-refractivity contribution in [1.82, 2.24) is 10.2 Å². The first-order valence-corrected chi connectivity index (χ1v) is 13.0. The minimum atomic E-state index is -2.71. The van der Waals surface area contributed by atoms with Crippen molar-refractivity contribution in [3.8, 4) is 0 Å². The number of rotatable bonds is 4. The highest BCUT2D eigenvalue weighted by atomic mass is 19.3. The van der Waals surface area contributed by atoms with Crippen LogP contribution in [-0.4, -0.2) is 71.1 Å².